The Balaban J connectivity index is 1.72. The summed E-state index contributed by atoms with van der Waals surface area (Å²) in [5.41, 5.74) is 2.38. The van der Waals surface area contributed by atoms with Crippen LogP contribution in [0, 0.1) is 0 Å². The summed E-state index contributed by atoms with van der Waals surface area (Å²) >= 11 is 0. The van der Waals surface area contributed by atoms with E-state index in [0.717, 1.165) is 12.5 Å². The molecule has 0 aliphatic carbocycles. The van der Waals surface area contributed by atoms with E-state index in [1.54, 1.807) is 36.4 Å². The number of hydrogen-bond donors (Lipinski definition) is 2. The first-order valence-electron chi connectivity index (χ1n) is 9.32. The van der Waals surface area contributed by atoms with Crippen molar-refractivity contribution in [2.45, 2.75) is 11.4 Å². The van der Waals surface area contributed by atoms with E-state index >= 15 is 0 Å². The number of sulfonamides is 1. The Hall–Kier alpha value is -3.51. The zero-order valence-corrected chi connectivity index (χ0v) is 18.7. The summed E-state index contributed by atoms with van der Waals surface area (Å²) in [6.45, 7) is 0.163. The van der Waals surface area contributed by atoms with Crippen molar-refractivity contribution in [3.05, 3.63) is 70.8 Å². The van der Waals surface area contributed by atoms with Gasteiger partial charge in [-0.3, -0.25) is 14.3 Å². The molecule has 0 unspecified atom stereocenters. The van der Waals surface area contributed by atoms with Crippen LogP contribution in [-0.4, -0.2) is 48.9 Å². The van der Waals surface area contributed by atoms with Crippen molar-refractivity contribution >= 4 is 36.8 Å². The van der Waals surface area contributed by atoms with E-state index < -0.39 is 25.6 Å². The van der Waals surface area contributed by atoms with Crippen molar-refractivity contribution in [2.24, 2.45) is 0 Å². The largest absolute Gasteiger partial charge is 0.329 e. The highest BCUT2D eigenvalue weighted by Crippen LogP contribution is 2.22. The Morgan fingerprint density at radius 1 is 1.03 bits per heavy atom. The van der Waals surface area contributed by atoms with Gasteiger partial charge in [-0.2, -0.15) is 0 Å². The standard InChI is InChI=1S/C20H19N5O5S2/c1-31(27,28)16-8-6-13(7-9-16)12-25-19-18(23-20(25)26)21-11-17(22-19)14-4-3-5-15(10-14)24-32(2,29)30/h3-11,24H,12H2,1-2H3,(H,21,23,26). The number of nitrogens with one attached hydrogen (secondary N) is 2. The van der Waals surface area contributed by atoms with Gasteiger partial charge >= 0.3 is 5.69 Å². The minimum Gasteiger partial charge on any atom is -0.289 e. The first-order chi connectivity index (χ1) is 15.0. The average molecular weight is 474 g/mol. The molecule has 0 saturated heterocycles. The lowest BCUT2D eigenvalue weighted by Crippen LogP contribution is -2.17. The smallest absolute Gasteiger partial charge is 0.289 e. The third-order valence-corrected chi connectivity index (χ3v) is 6.37. The van der Waals surface area contributed by atoms with E-state index in [-0.39, 0.29) is 11.4 Å². The number of aromatic nitrogens is 4. The molecule has 2 N–H and O–H groups in total. The number of aromatic amines is 1. The summed E-state index contributed by atoms with van der Waals surface area (Å²) in [4.78, 5) is 24.2. The molecule has 2 heterocycles. The summed E-state index contributed by atoms with van der Waals surface area (Å²) in [6.07, 6.45) is 3.68. The van der Waals surface area contributed by atoms with Gasteiger partial charge in [0.15, 0.2) is 21.1 Å². The van der Waals surface area contributed by atoms with Crippen molar-refractivity contribution in [1.29, 1.82) is 0 Å². The summed E-state index contributed by atoms with van der Waals surface area (Å²) in [5, 5.41) is 0. The maximum atomic E-state index is 12.5. The van der Waals surface area contributed by atoms with Crippen LogP contribution in [0.3, 0.4) is 0 Å². The lowest BCUT2D eigenvalue weighted by molar-refractivity contribution is 0.601. The highest BCUT2D eigenvalue weighted by atomic mass is 32.2. The summed E-state index contributed by atoms with van der Waals surface area (Å²) in [7, 11) is -6.75. The van der Waals surface area contributed by atoms with Crippen LogP contribution in [0.25, 0.3) is 22.6 Å². The minimum absolute atomic E-state index is 0.163. The molecule has 4 aromatic rings. The monoisotopic (exact) mass is 473 g/mol. The number of nitrogens with zero attached hydrogens (tertiary/aromatic N) is 3. The molecule has 0 radical (unpaired) electrons. The Morgan fingerprint density at radius 3 is 2.41 bits per heavy atom. The number of anilines is 1. The molecule has 12 heteroatoms. The average Bonchev–Trinajstić information content (AvgIpc) is 3.01. The molecular formula is C20H19N5O5S2. The molecule has 0 spiro atoms. The summed E-state index contributed by atoms with van der Waals surface area (Å²) < 4.78 is 50.1. The Kier molecular flexibility index (Phi) is 5.34. The predicted molar refractivity (Wildman–Crippen MR) is 121 cm³/mol. The third kappa shape index (κ3) is 4.70. The zero-order valence-electron chi connectivity index (χ0n) is 17.1. The van der Waals surface area contributed by atoms with E-state index in [4.69, 9.17) is 0 Å². The maximum absolute atomic E-state index is 12.5. The molecule has 0 aliphatic rings. The van der Waals surface area contributed by atoms with Gasteiger partial charge in [0.25, 0.3) is 0 Å². The summed E-state index contributed by atoms with van der Waals surface area (Å²) in [6, 6.07) is 12.9. The number of rotatable bonds is 6. The quantitative estimate of drug-likeness (QED) is 0.433. The van der Waals surface area contributed by atoms with Crippen molar-refractivity contribution in [3.8, 4) is 11.3 Å². The predicted octanol–water partition coefficient (Wildman–Crippen LogP) is 1.61. The fourth-order valence-electron chi connectivity index (χ4n) is 3.19. The third-order valence-electron chi connectivity index (χ3n) is 4.63. The first kappa shape index (κ1) is 21.7. The fraction of sp³-hybridized carbons (Fsp3) is 0.150. The second kappa shape index (κ2) is 7.88. The number of imidazole rings is 1. The molecule has 0 bridgehead atoms. The van der Waals surface area contributed by atoms with Crippen LogP contribution >= 0.6 is 0 Å². The number of fused-ring (bicyclic) bond motifs is 1. The SMILES string of the molecule is CS(=O)(=O)Nc1cccc(-c2cnc3[nH]c(=O)n(Cc4ccc(S(C)(=O)=O)cc4)c3n2)c1. The van der Waals surface area contributed by atoms with Crippen molar-refractivity contribution in [1.82, 2.24) is 19.5 Å². The molecule has 0 fully saturated rings. The van der Waals surface area contributed by atoms with E-state index in [0.29, 0.717) is 33.8 Å². The van der Waals surface area contributed by atoms with Crippen molar-refractivity contribution in [3.63, 3.8) is 0 Å². The number of sulfone groups is 1. The Labute approximate surface area is 183 Å². The van der Waals surface area contributed by atoms with Gasteiger partial charge in [0, 0.05) is 17.5 Å². The molecule has 0 saturated carbocycles. The second-order valence-corrected chi connectivity index (χ2v) is 11.1. The highest BCUT2D eigenvalue weighted by Gasteiger charge is 2.13. The van der Waals surface area contributed by atoms with Gasteiger partial charge in [-0.25, -0.2) is 31.6 Å². The molecular weight excluding hydrogens is 454 g/mol. The molecule has 10 nitrogen and oxygen atoms in total. The fourth-order valence-corrected chi connectivity index (χ4v) is 4.37. The Morgan fingerprint density at radius 2 is 1.75 bits per heavy atom. The molecule has 32 heavy (non-hydrogen) atoms. The van der Waals surface area contributed by atoms with E-state index in [1.807, 2.05) is 0 Å². The van der Waals surface area contributed by atoms with Crippen molar-refractivity contribution in [2.75, 3.05) is 17.2 Å². The molecule has 166 valence electrons. The molecule has 0 aliphatic heterocycles. The maximum Gasteiger partial charge on any atom is 0.329 e. The Bertz CT molecular complexity index is 1590. The topological polar surface area (TPSA) is 144 Å². The molecule has 2 aromatic heterocycles. The van der Waals surface area contributed by atoms with Crippen molar-refractivity contribution < 1.29 is 16.8 Å². The first-order valence-corrected chi connectivity index (χ1v) is 13.1. The highest BCUT2D eigenvalue weighted by molar-refractivity contribution is 7.92. The van der Waals surface area contributed by atoms with Crippen LogP contribution < -0.4 is 10.4 Å². The summed E-state index contributed by atoms with van der Waals surface area (Å²) in [5.74, 6) is 0. The van der Waals surface area contributed by atoms with E-state index in [2.05, 4.69) is 19.7 Å². The normalized spacial score (nSPS) is 12.2. The molecule has 2 aromatic carbocycles. The van der Waals surface area contributed by atoms with Crippen LogP contribution in [0.5, 0.6) is 0 Å². The van der Waals surface area contributed by atoms with Crippen LogP contribution in [0.4, 0.5) is 5.69 Å². The lowest BCUT2D eigenvalue weighted by atomic mass is 10.1. The van der Waals surface area contributed by atoms with Crippen LogP contribution in [0.1, 0.15) is 5.56 Å². The molecule has 0 atom stereocenters. The van der Waals surface area contributed by atoms with Gasteiger partial charge in [0.05, 0.1) is 29.6 Å². The van der Waals surface area contributed by atoms with Gasteiger partial charge in [-0.05, 0) is 29.8 Å². The minimum atomic E-state index is -3.44. The van der Waals surface area contributed by atoms with Gasteiger partial charge in [-0.1, -0.05) is 24.3 Å². The zero-order chi connectivity index (χ0) is 23.1. The van der Waals surface area contributed by atoms with E-state index in [9.17, 15) is 21.6 Å². The van der Waals surface area contributed by atoms with Gasteiger partial charge in [0.1, 0.15) is 0 Å². The van der Waals surface area contributed by atoms with Crippen LogP contribution in [0.2, 0.25) is 0 Å². The van der Waals surface area contributed by atoms with Gasteiger partial charge < -0.3 is 0 Å². The lowest BCUT2D eigenvalue weighted by Gasteiger charge is -2.07. The second-order valence-electron chi connectivity index (χ2n) is 7.31. The molecule has 0 amide bonds. The number of benzene rings is 2. The van der Waals surface area contributed by atoms with Gasteiger partial charge in [-0.15, -0.1) is 0 Å². The van der Waals surface area contributed by atoms with Crippen LogP contribution in [0.15, 0.2) is 64.4 Å². The van der Waals surface area contributed by atoms with Gasteiger partial charge in [0.2, 0.25) is 10.0 Å². The number of hydrogen-bond acceptors (Lipinski definition) is 7. The molecule has 4 rings (SSSR count). The number of H-pyrrole nitrogens is 1. The van der Waals surface area contributed by atoms with E-state index in [1.165, 1.54) is 22.9 Å². The van der Waals surface area contributed by atoms with Crippen LogP contribution in [-0.2, 0) is 26.4 Å².